The molecule has 0 amide bonds. The SMILES string of the molecule is Cc1ccc2c(c1)c1ccccc1n2-c1cccc(-c2cccc(P(=O)(O)O)c2)c1. The van der Waals surface area contributed by atoms with Crippen molar-refractivity contribution in [1.29, 1.82) is 0 Å². The maximum atomic E-state index is 11.7. The summed E-state index contributed by atoms with van der Waals surface area (Å²) in [6, 6.07) is 29.4. The second-order valence-electron chi connectivity index (χ2n) is 7.52. The molecule has 0 spiro atoms. The molecule has 5 rings (SSSR count). The first-order valence-electron chi connectivity index (χ1n) is 9.69. The lowest BCUT2D eigenvalue weighted by molar-refractivity contribution is 0.387. The van der Waals surface area contributed by atoms with Gasteiger partial charge in [0.1, 0.15) is 0 Å². The zero-order valence-corrected chi connectivity index (χ0v) is 17.3. The van der Waals surface area contributed by atoms with E-state index in [4.69, 9.17) is 0 Å². The number of nitrogens with zero attached hydrogens (tertiary/aromatic N) is 1. The molecule has 0 bridgehead atoms. The van der Waals surface area contributed by atoms with Crippen LogP contribution in [0.4, 0.5) is 0 Å². The van der Waals surface area contributed by atoms with E-state index in [-0.39, 0.29) is 5.30 Å². The first kappa shape index (κ1) is 18.8. The lowest BCUT2D eigenvalue weighted by atomic mass is 10.1. The molecule has 30 heavy (non-hydrogen) atoms. The fourth-order valence-electron chi connectivity index (χ4n) is 4.06. The molecule has 0 radical (unpaired) electrons. The van der Waals surface area contributed by atoms with Gasteiger partial charge in [-0.2, -0.15) is 0 Å². The number of hydrogen-bond acceptors (Lipinski definition) is 1. The summed E-state index contributed by atoms with van der Waals surface area (Å²) in [5.74, 6) is 0. The second kappa shape index (κ2) is 6.96. The van der Waals surface area contributed by atoms with Gasteiger partial charge in [0.05, 0.1) is 16.3 Å². The highest BCUT2D eigenvalue weighted by atomic mass is 31.2. The monoisotopic (exact) mass is 413 g/mol. The highest BCUT2D eigenvalue weighted by molar-refractivity contribution is 7.60. The number of benzene rings is 4. The number of aromatic nitrogens is 1. The molecule has 0 unspecified atom stereocenters. The van der Waals surface area contributed by atoms with Crippen LogP contribution < -0.4 is 5.30 Å². The Morgan fingerprint density at radius 1 is 0.700 bits per heavy atom. The van der Waals surface area contributed by atoms with Crippen molar-refractivity contribution in [3.8, 4) is 16.8 Å². The van der Waals surface area contributed by atoms with E-state index in [0.717, 1.165) is 27.8 Å². The normalized spacial score (nSPS) is 12.0. The van der Waals surface area contributed by atoms with Crippen LogP contribution in [-0.2, 0) is 4.57 Å². The van der Waals surface area contributed by atoms with Crippen LogP contribution in [0.5, 0.6) is 0 Å². The van der Waals surface area contributed by atoms with Crippen LogP contribution in [0, 0.1) is 6.92 Å². The lowest BCUT2D eigenvalue weighted by Gasteiger charge is -2.11. The van der Waals surface area contributed by atoms with Crippen molar-refractivity contribution in [2.45, 2.75) is 6.92 Å². The zero-order chi connectivity index (χ0) is 20.9. The van der Waals surface area contributed by atoms with Gasteiger partial charge in [-0.1, -0.05) is 54.1 Å². The van der Waals surface area contributed by atoms with Gasteiger partial charge in [-0.15, -0.1) is 0 Å². The Bertz CT molecular complexity index is 1460. The van der Waals surface area contributed by atoms with Gasteiger partial charge >= 0.3 is 7.60 Å². The van der Waals surface area contributed by atoms with Gasteiger partial charge in [-0.3, -0.25) is 4.57 Å². The first-order chi connectivity index (χ1) is 14.4. The molecule has 0 saturated heterocycles. The fraction of sp³-hybridized carbons (Fsp3) is 0.0400. The van der Waals surface area contributed by atoms with Crippen molar-refractivity contribution in [3.05, 3.63) is 96.6 Å². The Balaban J connectivity index is 1.74. The predicted octanol–water partition coefficient (Wildman–Crippen LogP) is 5.56. The summed E-state index contributed by atoms with van der Waals surface area (Å²) < 4.78 is 13.9. The Labute approximate surface area is 174 Å². The summed E-state index contributed by atoms with van der Waals surface area (Å²) in [4.78, 5) is 19.1. The molecule has 148 valence electrons. The maximum absolute atomic E-state index is 11.7. The quantitative estimate of drug-likeness (QED) is 0.381. The topological polar surface area (TPSA) is 62.5 Å². The molecule has 4 nitrogen and oxygen atoms in total. The average Bonchev–Trinajstić information content (AvgIpc) is 3.07. The van der Waals surface area contributed by atoms with Crippen LogP contribution in [-0.4, -0.2) is 14.4 Å². The minimum absolute atomic E-state index is 0.0257. The summed E-state index contributed by atoms with van der Waals surface area (Å²) in [6.07, 6.45) is 0. The van der Waals surface area contributed by atoms with Gasteiger partial charge in [0, 0.05) is 16.5 Å². The summed E-state index contributed by atoms with van der Waals surface area (Å²) in [5.41, 5.74) is 6.15. The highest BCUT2D eigenvalue weighted by Gasteiger charge is 2.17. The molecule has 0 atom stereocenters. The number of aryl methyl sites for hydroxylation is 1. The van der Waals surface area contributed by atoms with E-state index in [1.165, 1.54) is 22.4 Å². The molecule has 0 aliphatic heterocycles. The van der Waals surface area contributed by atoms with Crippen LogP contribution >= 0.6 is 7.60 Å². The van der Waals surface area contributed by atoms with Gasteiger partial charge in [0.25, 0.3) is 0 Å². The second-order valence-corrected chi connectivity index (χ2v) is 9.12. The molecule has 0 aliphatic carbocycles. The predicted molar refractivity (Wildman–Crippen MR) is 123 cm³/mol. The molecule has 0 aliphatic rings. The minimum Gasteiger partial charge on any atom is -0.321 e. The summed E-state index contributed by atoms with van der Waals surface area (Å²) in [7, 11) is -4.30. The van der Waals surface area contributed by atoms with Gasteiger partial charge in [-0.25, -0.2) is 0 Å². The maximum Gasteiger partial charge on any atom is 0.356 e. The van der Waals surface area contributed by atoms with E-state index in [1.54, 1.807) is 12.1 Å². The van der Waals surface area contributed by atoms with Crippen LogP contribution in [0.25, 0.3) is 38.6 Å². The average molecular weight is 413 g/mol. The molecule has 1 heterocycles. The van der Waals surface area contributed by atoms with E-state index in [9.17, 15) is 14.4 Å². The number of hydrogen-bond donors (Lipinski definition) is 2. The zero-order valence-electron chi connectivity index (χ0n) is 16.4. The van der Waals surface area contributed by atoms with Crippen LogP contribution in [0.15, 0.2) is 91.0 Å². The third-order valence-corrected chi connectivity index (χ3v) is 6.40. The van der Waals surface area contributed by atoms with Crippen molar-refractivity contribution in [1.82, 2.24) is 4.57 Å². The largest absolute Gasteiger partial charge is 0.356 e. The van der Waals surface area contributed by atoms with Gasteiger partial charge in [0.2, 0.25) is 0 Å². The van der Waals surface area contributed by atoms with Crippen molar-refractivity contribution in [2.75, 3.05) is 0 Å². The van der Waals surface area contributed by atoms with E-state index >= 15 is 0 Å². The van der Waals surface area contributed by atoms with Gasteiger partial charge in [-0.05, 0) is 60.5 Å². The number of para-hydroxylation sites is 1. The molecule has 0 saturated carbocycles. The van der Waals surface area contributed by atoms with Crippen LogP contribution in [0.1, 0.15) is 5.56 Å². The summed E-state index contributed by atoms with van der Waals surface area (Å²) in [6.45, 7) is 2.10. The molecule has 5 heteroatoms. The van der Waals surface area contributed by atoms with Crippen molar-refractivity contribution in [3.63, 3.8) is 0 Å². The molecule has 1 aromatic heterocycles. The van der Waals surface area contributed by atoms with Crippen LogP contribution in [0.2, 0.25) is 0 Å². The Morgan fingerprint density at radius 2 is 1.40 bits per heavy atom. The lowest BCUT2D eigenvalue weighted by Crippen LogP contribution is -2.03. The third-order valence-electron chi connectivity index (χ3n) is 5.45. The first-order valence-corrected chi connectivity index (χ1v) is 11.3. The molecule has 0 fully saturated rings. The number of fused-ring (bicyclic) bond motifs is 3. The third kappa shape index (κ3) is 3.16. The Hall–Kier alpha value is -3.17. The highest BCUT2D eigenvalue weighted by Crippen LogP contribution is 2.36. The van der Waals surface area contributed by atoms with Crippen molar-refractivity contribution < 1.29 is 14.4 Å². The Kier molecular flexibility index (Phi) is 4.37. The minimum atomic E-state index is -4.30. The molecular formula is C25H20NO3P. The van der Waals surface area contributed by atoms with E-state index in [2.05, 4.69) is 60.0 Å². The molecule has 4 aromatic carbocycles. The van der Waals surface area contributed by atoms with E-state index in [0.29, 0.717) is 0 Å². The summed E-state index contributed by atoms with van der Waals surface area (Å²) in [5, 5.41) is 2.43. The standard InChI is InChI=1S/C25H20NO3P/c1-17-12-13-25-23(14-17)22-10-2-3-11-24(22)26(25)20-8-4-6-18(15-20)19-7-5-9-21(16-19)30(27,28)29/h2-16H,1H3,(H2,27,28,29). The van der Waals surface area contributed by atoms with Gasteiger partial charge in [0.15, 0.2) is 0 Å². The molecule has 2 N–H and O–H groups in total. The van der Waals surface area contributed by atoms with Crippen LogP contribution in [0.3, 0.4) is 0 Å². The number of rotatable bonds is 3. The Morgan fingerprint density at radius 3 is 2.20 bits per heavy atom. The molecule has 5 aromatic rings. The van der Waals surface area contributed by atoms with E-state index < -0.39 is 7.60 Å². The summed E-state index contributed by atoms with van der Waals surface area (Å²) >= 11 is 0. The van der Waals surface area contributed by atoms with Gasteiger partial charge < -0.3 is 14.4 Å². The van der Waals surface area contributed by atoms with Crippen molar-refractivity contribution in [2.24, 2.45) is 0 Å². The van der Waals surface area contributed by atoms with E-state index in [1.807, 2.05) is 24.3 Å². The smallest absolute Gasteiger partial charge is 0.321 e. The van der Waals surface area contributed by atoms with Crippen molar-refractivity contribution >= 4 is 34.7 Å². The fourth-order valence-corrected chi connectivity index (χ4v) is 4.64. The molecular weight excluding hydrogens is 393 g/mol.